The van der Waals surface area contributed by atoms with Crippen LogP contribution in [0.25, 0.3) is 10.7 Å². The third-order valence-corrected chi connectivity index (χ3v) is 4.64. The van der Waals surface area contributed by atoms with Gasteiger partial charge in [0.15, 0.2) is 5.01 Å². The summed E-state index contributed by atoms with van der Waals surface area (Å²) in [5.41, 5.74) is 1.87. The Morgan fingerprint density at radius 3 is 2.91 bits per heavy atom. The van der Waals surface area contributed by atoms with E-state index in [2.05, 4.69) is 25.5 Å². The van der Waals surface area contributed by atoms with Gasteiger partial charge in [-0.15, -0.1) is 10.2 Å². The van der Waals surface area contributed by atoms with Crippen molar-refractivity contribution in [3.63, 3.8) is 0 Å². The minimum absolute atomic E-state index is 0.0115. The Kier molecular flexibility index (Phi) is 3.55. The predicted molar refractivity (Wildman–Crippen MR) is 86.9 cm³/mol. The number of anilines is 1. The molecule has 0 radical (unpaired) electrons. The van der Waals surface area contributed by atoms with Crippen LogP contribution in [0.5, 0.6) is 0 Å². The van der Waals surface area contributed by atoms with E-state index in [0.29, 0.717) is 10.1 Å². The Morgan fingerprint density at radius 2 is 2.13 bits per heavy atom. The van der Waals surface area contributed by atoms with Gasteiger partial charge in [-0.1, -0.05) is 23.5 Å². The molecule has 3 aromatic heterocycles. The summed E-state index contributed by atoms with van der Waals surface area (Å²) in [6.45, 7) is 0. The van der Waals surface area contributed by atoms with Crippen molar-refractivity contribution in [2.24, 2.45) is 5.92 Å². The Labute approximate surface area is 136 Å². The number of nitrogens with zero attached hydrogens (tertiary/aromatic N) is 4. The number of pyridine rings is 2. The summed E-state index contributed by atoms with van der Waals surface area (Å²) in [5, 5.41) is 12.2. The van der Waals surface area contributed by atoms with Gasteiger partial charge in [0.05, 0.1) is 0 Å². The molecule has 1 aliphatic carbocycles. The van der Waals surface area contributed by atoms with Gasteiger partial charge in [0.25, 0.3) is 0 Å². The third-order valence-electron chi connectivity index (χ3n) is 3.78. The molecule has 2 atom stereocenters. The second-order valence-corrected chi connectivity index (χ2v) is 6.33. The number of carbonyl (C=O) groups excluding carboxylic acids is 1. The van der Waals surface area contributed by atoms with E-state index in [1.165, 1.54) is 11.3 Å². The van der Waals surface area contributed by atoms with Gasteiger partial charge < -0.3 is 5.32 Å². The first-order valence-corrected chi connectivity index (χ1v) is 8.08. The van der Waals surface area contributed by atoms with E-state index in [1.54, 1.807) is 12.4 Å². The highest BCUT2D eigenvalue weighted by atomic mass is 32.1. The normalized spacial score (nSPS) is 19.3. The molecule has 0 bridgehead atoms. The molecule has 1 saturated carbocycles. The van der Waals surface area contributed by atoms with Crippen molar-refractivity contribution in [1.82, 2.24) is 20.2 Å². The molecule has 4 rings (SSSR count). The number of amides is 1. The number of aromatic nitrogens is 4. The van der Waals surface area contributed by atoms with Crippen LogP contribution in [0.2, 0.25) is 0 Å². The highest BCUT2D eigenvalue weighted by Gasteiger charge is 2.44. The predicted octanol–water partition coefficient (Wildman–Crippen LogP) is 2.74. The third kappa shape index (κ3) is 2.95. The average molecular weight is 323 g/mol. The fourth-order valence-corrected chi connectivity index (χ4v) is 3.24. The molecule has 1 amide bonds. The Hall–Kier alpha value is -2.67. The molecular formula is C16H13N5OS. The quantitative estimate of drug-likeness (QED) is 0.798. The van der Waals surface area contributed by atoms with Gasteiger partial charge in [0, 0.05) is 24.5 Å². The molecular weight excluding hydrogens is 310 g/mol. The molecule has 0 saturated heterocycles. The van der Waals surface area contributed by atoms with E-state index in [1.807, 2.05) is 36.5 Å². The lowest BCUT2D eigenvalue weighted by Crippen LogP contribution is -2.14. The molecule has 0 aliphatic heterocycles. The molecule has 23 heavy (non-hydrogen) atoms. The van der Waals surface area contributed by atoms with Crippen molar-refractivity contribution in [3.05, 3.63) is 54.5 Å². The monoisotopic (exact) mass is 323 g/mol. The van der Waals surface area contributed by atoms with Crippen LogP contribution in [0.15, 0.2) is 48.9 Å². The highest BCUT2D eigenvalue weighted by Crippen LogP contribution is 2.47. The molecule has 6 nitrogen and oxygen atoms in total. The summed E-state index contributed by atoms with van der Waals surface area (Å²) < 4.78 is 0. The Morgan fingerprint density at radius 1 is 1.17 bits per heavy atom. The summed E-state index contributed by atoms with van der Waals surface area (Å²) in [6.07, 6.45) is 6.12. The zero-order valence-corrected chi connectivity index (χ0v) is 12.9. The SMILES string of the molecule is O=C(Nc1nnc(-c2ccccn2)s1)[C@@H]1C[C@H]1c1cccnc1. The first-order chi connectivity index (χ1) is 11.3. The van der Waals surface area contributed by atoms with Crippen LogP contribution in [0.1, 0.15) is 17.9 Å². The van der Waals surface area contributed by atoms with Gasteiger partial charge in [-0.25, -0.2) is 0 Å². The number of hydrogen-bond acceptors (Lipinski definition) is 6. The highest BCUT2D eigenvalue weighted by molar-refractivity contribution is 7.18. The number of rotatable bonds is 4. The summed E-state index contributed by atoms with van der Waals surface area (Å²) >= 11 is 1.33. The minimum Gasteiger partial charge on any atom is -0.300 e. The number of carbonyl (C=O) groups is 1. The van der Waals surface area contributed by atoms with Crippen molar-refractivity contribution in [2.75, 3.05) is 5.32 Å². The van der Waals surface area contributed by atoms with E-state index in [-0.39, 0.29) is 17.7 Å². The lowest BCUT2D eigenvalue weighted by Gasteiger charge is -2.00. The molecule has 0 spiro atoms. The fraction of sp³-hybridized carbons (Fsp3) is 0.188. The second-order valence-electron chi connectivity index (χ2n) is 5.35. The maximum absolute atomic E-state index is 12.3. The maximum atomic E-state index is 12.3. The number of hydrogen-bond donors (Lipinski definition) is 1. The van der Waals surface area contributed by atoms with Crippen molar-refractivity contribution in [2.45, 2.75) is 12.3 Å². The van der Waals surface area contributed by atoms with Gasteiger partial charge in [0.2, 0.25) is 11.0 Å². The van der Waals surface area contributed by atoms with Gasteiger partial charge in [-0.2, -0.15) is 0 Å². The van der Waals surface area contributed by atoms with Gasteiger partial charge in [-0.05, 0) is 36.1 Å². The molecule has 7 heteroatoms. The summed E-state index contributed by atoms with van der Waals surface area (Å²) in [5.74, 6) is 0.232. The van der Waals surface area contributed by atoms with E-state index in [9.17, 15) is 4.79 Å². The van der Waals surface area contributed by atoms with Crippen LogP contribution >= 0.6 is 11.3 Å². The van der Waals surface area contributed by atoms with Crippen LogP contribution < -0.4 is 5.32 Å². The van der Waals surface area contributed by atoms with E-state index < -0.39 is 0 Å². The lowest BCUT2D eigenvalue weighted by atomic mass is 10.1. The first-order valence-electron chi connectivity index (χ1n) is 7.27. The van der Waals surface area contributed by atoms with Crippen LogP contribution in [0, 0.1) is 5.92 Å². The topological polar surface area (TPSA) is 80.7 Å². The summed E-state index contributed by atoms with van der Waals surface area (Å²) in [4.78, 5) is 20.6. The molecule has 0 unspecified atom stereocenters. The number of nitrogens with one attached hydrogen (secondary N) is 1. The van der Waals surface area contributed by atoms with Crippen molar-refractivity contribution >= 4 is 22.4 Å². The fourth-order valence-electron chi connectivity index (χ4n) is 2.51. The molecule has 1 aliphatic rings. The van der Waals surface area contributed by atoms with Crippen molar-refractivity contribution < 1.29 is 4.79 Å². The van der Waals surface area contributed by atoms with Crippen LogP contribution in [-0.2, 0) is 4.79 Å². The second kappa shape index (κ2) is 5.85. The van der Waals surface area contributed by atoms with E-state index >= 15 is 0 Å². The van der Waals surface area contributed by atoms with Gasteiger partial charge in [-0.3, -0.25) is 14.8 Å². The van der Waals surface area contributed by atoms with E-state index in [0.717, 1.165) is 17.7 Å². The molecule has 1 fully saturated rings. The zero-order chi connectivity index (χ0) is 15.6. The zero-order valence-electron chi connectivity index (χ0n) is 12.1. The van der Waals surface area contributed by atoms with Gasteiger partial charge in [0.1, 0.15) is 5.69 Å². The first kappa shape index (κ1) is 14.0. The van der Waals surface area contributed by atoms with Crippen LogP contribution in [-0.4, -0.2) is 26.1 Å². The van der Waals surface area contributed by atoms with Gasteiger partial charge >= 0.3 is 0 Å². The smallest absolute Gasteiger partial charge is 0.229 e. The van der Waals surface area contributed by atoms with Crippen molar-refractivity contribution in [1.29, 1.82) is 0 Å². The van der Waals surface area contributed by atoms with Crippen LogP contribution in [0.3, 0.4) is 0 Å². The maximum Gasteiger partial charge on any atom is 0.229 e. The van der Waals surface area contributed by atoms with Crippen molar-refractivity contribution in [3.8, 4) is 10.7 Å². The lowest BCUT2D eigenvalue weighted by molar-refractivity contribution is -0.117. The summed E-state index contributed by atoms with van der Waals surface area (Å²) in [6, 6.07) is 9.51. The molecule has 0 aromatic carbocycles. The average Bonchev–Trinajstić information content (AvgIpc) is 3.29. The molecule has 3 heterocycles. The largest absolute Gasteiger partial charge is 0.300 e. The summed E-state index contributed by atoms with van der Waals surface area (Å²) in [7, 11) is 0. The van der Waals surface area contributed by atoms with Crippen LogP contribution in [0.4, 0.5) is 5.13 Å². The minimum atomic E-state index is -0.0126. The Bertz CT molecular complexity index is 821. The van der Waals surface area contributed by atoms with E-state index in [4.69, 9.17) is 0 Å². The Balaban J connectivity index is 1.42. The molecule has 3 aromatic rings. The molecule has 1 N–H and O–H groups in total. The standard InChI is InChI=1S/C16H13N5OS/c22-14(12-8-11(12)10-4-3-6-17-9-10)19-16-21-20-15(23-16)13-5-1-2-7-18-13/h1-7,9,11-12H,8H2,(H,19,21,22)/t11-,12+/m0/s1. The molecule has 114 valence electrons.